The van der Waals surface area contributed by atoms with Crippen LogP contribution in [0.2, 0.25) is 0 Å². The lowest BCUT2D eigenvalue weighted by Crippen LogP contribution is -2.27. The molecule has 0 saturated carbocycles. The number of rotatable bonds is 19. The fourth-order valence-electron chi connectivity index (χ4n) is 2.40. The Morgan fingerprint density at radius 3 is 2.40 bits per heavy atom. The van der Waals surface area contributed by atoms with E-state index in [1.807, 2.05) is 0 Å². The van der Waals surface area contributed by atoms with Crippen molar-refractivity contribution in [2.45, 2.75) is 77.7 Å². The van der Waals surface area contributed by atoms with E-state index in [4.69, 9.17) is 4.52 Å². The number of amides is 1. The first kappa shape index (κ1) is 28.8. The number of aliphatic hydroxyl groups excluding tert-OH is 1. The second-order valence-electron chi connectivity index (χ2n) is 6.97. The van der Waals surface area contributed by atoms with Crippen LogP contribution >= 0.6 is 7.82 Å². The highest BCUT2D eigenvalue weighted by molar-refractivity contribution is 7.47. The van der Waals surface area contributed by atoms with E-state index in [-0.39, 0.29) is 25.7 Å². The van der Waals surface area contributed by atoms with Gasteiger partial charge in [-0.1, -0.05) is 44.8 Å². The quantitative estimate of drug-likeness (QED) is 0.118. The van der Waals surface area contributed by atoms with Crippen molar-refractivity contribution in [2.75, 3.05) is 26.4 Å². The zero-order valence-corrected chi connectivity index (χ0v) is 19.1. The molecule has 2 unspecified atom stereocenters. The first-order valence-corrected chi connectivity index (χ1v) is 12.1. The van der Waals surface area contributed by atoms with Crippen molar-refractivity contribution >= 4 is 19.7 Å². The Morgan fingerprint density at radius 2 is 1.70 bits per heavy atom. The Bertz CT molecular complexity index is 541. The molecule has 0 aliphatic heterocycles. The maximum Gasteiger partial charge on any atom is 0.472 e. The van der Waals surface area contributed by atoms with E-state index in [1.165, 1.54) is 19.8 Å². The highest BCUT2D eigenvalue weighted by Gasteiger charge is 2.23. The number of allylic oxidation sites excluding steroid dienone is 2. The molecule has 0 aliphatic carbocycles. The largest absolute Gasteiger partial charge is 0.472 e. The predicted octanol–water partition coefficient (Wildman–Crippen LogP) is 3.25. The van der Waals surface area contributed by atoms with Gasteiger partial charge in [0.05, 0.1) is 13.2 Å². The molecule has 0 rings (SSSR count). The lowest BCUT2D eigenvalue weighted by molar-refractivity contribution is -0.144. The van der Waals surface area contributed by atoms with E-state index in [0.29, 0.717) is 6.42 Å². The van der Waals surface area contributed by atoms with Gasteiger partial charge in [0.15, 0.2) is 0 Å². The average Bonchev–Trinajstić information content (AvgIpc) is 2.69. The molecule has 0 fully saturated rings. The highest BCUT2D eigenvalue weighted by Crippen LogP contribution is 2.42. The summed E-state index contributed by atoms with van der Waals surface area (Å²) in [6, 6.07) is 0. The van der Waals surface area contributed by atoms with Gasteiger partial charge >= 0.3 is 13.8 Å². The maximum atomic E-state index is 11.7. The van der Waals surface area contributed by atoms with Crippen molar-refractivity contribution in [3.8, 4) is 0 Å². The van der Waals surface area contributed by atoms with Crippen molar-refractivity contribution in [1.29, 1.82) is 0 Å². The first-order valence-electron chi connectivity index (χ1n) is 10.6. The van der Waals surface area contributed by atoms with Crippen molar-refractivity contribution in [2.24, 2.45) is 0 Å². The molecule has 10 heteroatoms. The van der Waals surface area contributed by atoms with Gasteiger partial charge in [-0.2, -0.15) is 0 Å². The molecule has 0 aromatic heterocycles. The predicted molar refractivity (Wildman–Crippen MR) is 114 cm³/mol. The molecule has 0 aromatic rings. The summed E-state index contributed by atoms with van der Waals surface area (Å²) < 4.78 is 25.5. The molecule has 0 aromatic carbocycles. The minimum absolute atomic E-state index is 0.0762. The monoisotopic (exact) mass is 451 g/mol. The molecule has 1 amide bonds. The molecule has 0 bridgehead atoms. The molecule has 0 saturated heterocycles. The minimum Gasteiger partial charge on any atom is -0.463 e. The minimum atomic E-state index is -4.36. The third-order valence-electron chi connectivity index (χ3n) is 3.98. The summed E-state index contributed by atoms with van der Waals surface area (Å²) in [6.07, 6.45) is 12.3. The molecule has 2 atom stereocenters. The lowest BCUT2D eigenvalue weighted by atomic mass is 10.1. The number of nitrogens with one attached hydrogen (secondary N) is 1. The summed E-state index contributed by atoms with van der Waals surface area (Å²) in [5.41, 5.74) is 0. The second kappa shape index (κ2) is 18.5. The topological polar surface area (TPSA) is 131 Å². The Hall–Kier alpha value is -1.25. The zero-order valence-electron chi connectivity index (χ0n) is 18.2. The summed E-state index contributed by atoms with van der Waals surface area (Å²) in [6.45, 7) is 2.34. The van der Waals surface area contributed by atoms with Gasteiger partial charge in [-0.25, -0.2) is 4.57 Å². The van der Waals surface area contributed by atoms with Gasteiger partial charge in [-0.3, -0.25) is 18.6 Å². The van der Waals surface area contributed by atoms with Crippen LogP contribution in [0.25, 0.3) is 0 Å². The Kier molecular flexibility index (Phi) is 17.7. The van der Waals surface area contributed by atoms with E-state index < -0.39 is 26.5 Å². The smallest absolute Gasteiger partial charge is 0.463 e. The molecule has 0 heterocycles. The van der Waals surface area contributed by atoms with Crippen LogP contribution in [-0.2, 0) is 27.9 Å². The number of esters is 1. The molecule has 0 aliphatic rings. The third kappa shape index (κ3) is 20.0. The Labute approximate surface area is 179 Å². The number of phosphoric acid groups is 1. The molecule has 30 heavy (non-hydrogen) atoms. The van der Waals surface area contributed by atoms with Crippen LogP contribution in [0.3, 0.4) is 0 Å². The summed E-state index contributed by atoms with van der Waals surface area (Å²) in [5.74, 6) is -0.713. The molecule has 0 spiro atoms. The summed E-state index contributed by atoms with van der Waals surface area (Å²) in [5, 5.41) is 12.1. The van der Waals surface area contributed by atoms with E-state index in [2.05, 4.69) is 33.7 Å². The average molecular weight is 451 g/mol. The van der Waals surface area contributed by atoms with Crippen LogP contribution in [0.5, 0.6) is 0 Å². The number of unbranched alkanes of at least 4 members (excludes halogenated alkanes) is 6. The standard InChI is InChI=1S/C20H38NO8P/c1-3-4-5-6-7-8-9-10-11-12-13-20(24)21-14-15-28-30(25,26)29-17-19(23)16-27-18(2)22/h5-6,19,23H,3-4,7-17H2,1-2H3,(H,21,24)(H,25,26)/b6-5-. The van der Waals surface area contributed by atoms with Gasteiger partial charge in [-0.05, 0) is 25.7 Å². The van der Waals surface area contributed by atoms with Crippen molar-refractivity contribution in [3.63, 3.8) is 0 Å². The highest BCUT2D eigenvalue weighted by atomic mass is 31.2. The maximum absolute atomic E-state index is 11.7. The summed E-state index contributed by atoms with van der Waals surface area (Å²) in [7, 11) is -4.36. The van der Waals surface area contributed by atoms with Crippen molar-refractivity contribution in [1.82, 2.24) is 5.32 Å². The van der Waals surface area contributed by atoms with E-state index >= 15 is 0 Å². The van der Waals surface area contributed by atoms with E-state index in [9.17, 15) is 24.2 Å². The fraction of sp³-hybridized carbons (Fsp3) is 0.800. The number of aliphatic hydroxyl groups is 1. The summed E-state index contributed by atoms with van der Waals surface area (Å²) in [4.78, 5) is 31.8. The first-order chi connectivity index (χ1) is 14.3. The van der Waals surface area contributed by atoms with Gasteiger partial charge in [-0.15, -0.1) is 0 Å². The summed E-state index contributed by atoms with van der Waals surface area (Å²) >= 11 is 0. The third-order valence-corrected chi connectivity index (χ3v) is 4.97. The van der Waals surface area contributed by atoms with Gasteiger partial charge < -0.3 is 20.1 Å². The van der Waals surface area contributed by atoms with Crippen LogP contribution in [0, 0.1) is 0 Å². The molecular weight excluding hydrogens is 413 g/mol. The number of hydrogen-bond donors (Lipinski definition) is 3. The SMILES string of the molecule is CCC/C=C\CCCCCCCC(=O)NCCOP(=O)(O)OCC(O)COC(C)=O. The van der Waals surface area contributed by atoms with Crippen LogP contribution in [0.4, 0.5) is 0 Å². The van der Waals surface area contributed by atoms with Crippen LogP contribution in [-0.4, -0.2) is 54.3 Å². The number of hydrogen-bond acceptors (Lipinski definition) is 7. The van der Waals surface area contributed by atoms with Gasteiger partial charge in [0.25, 0.3) is 0 Å². The van der Waals surface area contributed by atoms with Gasteiger partial charge in [0, 0.05) is 19.9 Å². The van der Waals surface area contributed by atoms with Gasteiger partial charge in [0.1, 0.15) is 12.7 Å². The molecule has 9 nitrogen and oxygen atoms in total. The normalized spacial score (nSPS) is 14.4. The molecule has 0 radical (unpaired) electrons. The van der Waals surface area contributed by atoms with Crippen molar-refractivity contribution in [3.05, 3.63) is 12.2 Å². The van der Waals surface area contributed by atoms with E-state index in [1.54, 1.807) is 0 Å². The number of ether oxygens (including phenoxy) is 1. The van der Waals surface area contributed by atoms with Gasteiger partial charge in [0.2, 0.25) is 5.91 Å². The molecular formula is C20H38NO8P. The van der Waals surface area contributed by atoms with Crippen LogP contribution < -0.4 is 5.32 Å². The Morgan fingerprint density at radius 1 is 1.03 bits per heavy atom. The molecule has 176 valence electrons. The number of phosphoric ester groups is 1. The van der Waals surface area contributed by atoms with Crippen LogP contribution in [0.1, 0.15) is 71.6 Å². The molecule has 3 N–H and O–H groups in total. The van der Waals surface area contributed by atoms with Crippen LogP contribution in [0.15, 0.2) is 12.2 Å². The van der Waals surface area contributed by atoms with Crippen molar-refractivity contribution < 1.29 is 37.9 Å². The Balaban J connectivity index is 3.62. The second-order valence-corrected chi connectivity index (χ2v) is 8.42. The number of carbonyl (C=O) groups excluding carboxylic acids is 2. The fourth-order valence-corrected chi connectivity index (χ4v) is 3.16. The van der Waals surface area contributed by atoms with E-state index in [0.717, 1.165) is 38.5 Å². The zero-order chi connectivity index (χ0) is 22.7. The lowest BCUT2D eigenvalue weighted by Gasteiger charge is -2.15. The number of carbonyl (C=O) groups is 2.